The third-order valence-electron chi connectivity index (χ3n) is 10.5. The van der Waals surface area contributed by atoms with Crippen molar-refractivity contribution in [1.82, 2.24) is 31.5 Å². The number of nitrogens with two attached hydrogens (primary N) is 1. The van der Waals surface area contributed by atoms with Gasteiger partial charge in [0.15, 0.2) is 0 Å². The van der Waals surface area contributed by atoms with E-state index < -0.39 is 71.2 Å². The fraction of sp³-hybridized carbons (Fsp3) is 0.837. The minimum Gasteiger partial charge on any atom is -0.394 e. The van der Waals surface area contributed by atoms with Gasteiger partial charge in [-0.2, -0.15) is 0 Å². The first kappa shape index (κ1) is 52.3. The second kappa shape index (κ2) is 27.1. The number of nitrogens with one attached hydrogen (secondary N) is 5. The number of carbonyl (C=O) groups is 7. The van der Waals surface area contributed by atoms with Gasteiger partial charge in [0.1, 0.15) is 29.7 Å². The molecule has 1 rings (SSSR count). The first-order chi connectivity index (χ1) is 27.2. The summed E-state index contributed by atoms with van der Waals surface area (Å²) in [5.74, 6) is -3.91. The molecule has 0 bridgehead atoms. The molecule has 15 heteroatoms. The second-order valence-electron chi connectivity index (χ2n) is 17.9. The number of hydrogen-bond donors (Lipinski definition) is 7. The number of hydrogen-bond acceptors (Lipinski definition) is 8. The molecule has 5 atom stereocenters. The third kappa shape index (κ3) is 19.8. The van der Waals surface area contributed by atoms with Crippen molar-refractivity contribution in [1.29, 1.82) is 0 Å². The van der Waals surface area contributed by atoms with E-state index in [1.54, 1.807) is 27.7 Å². The summed E-state index contributed by atoms with van der Waals surface area (Å²) in [5.41, 5.74) is 4.10. The lowest BCUT2D eigenvalue weighted by Crippen LogP contribution is -2.61. The van der Waals surface area contributed by atoms with Crippen molar-refractivity contribution in [3.8, 4) is 0 Å². The molecule has 1 heterocycles. The molecular formula is C43H79N7O8. The first-order valence-electron chi connectivity index (χ1n) is 22.0. The van der Waals surface area contributed by atoms with Gasteiger partial charge in [-0.15, -0.1) is 0 Å². The summed E-state index contributed by atoms with van der Waals surface area (Å²) in [6.07, 6.45) is 11.9. The maximum Gasteiger partial charge on any atom is 0.248 e. The second-order valence-corrected chi connectivity index (χ2v) is 17.9. The number of rotatable bonds is 29. The van der Waals surface area contributed by atoms with Gasteiger partial charge in [-0.3, -0.25) is 33.6 Å². The molecular weight excluding hydrogens is 743 g/mol. The molecule has 0 aromatic carbocycles. The predicted molar refractivity (Wildman–Crippen MR) is 226 cm³/mol. The Morgan fingerprint density at radius 2 is 1.29 bits per heavy atom. The highest BCUT2D eigenvalue weighted by atomic mass is 16.3. The van der Waals surface area contributed by atoms with Crippen LogP contribution in [0.25, 0.3) is 0 Å². The van der Waals surface area contributed by atoms with Crippen LogP contribution in [0.1, 0.15) is 165 Å². The lowest BCUT2D eigenvalue weighted by atomic mass is 9.98. The van der Waals surface area contributed by atoms with E-state index in [2.05, 4.69) is 33.5 Å². The molecule has 1 fully saturated rings. The Morgan fingerprint density at radius 3 is 1.83 bits per heavy atom. The molecule has 0 spiro atoms. The van der Waals surface area contributed by atoms with Crippen molar-refractivity contribution in [3.05, 3.63) is 0 Å². The monoisotopic (exact) mass is 822 g/mol. The van der Waals surface area contributed by atoms with E-state index >= 15 is 0 Å². The van der Waals surface area contributed by atoms with Crippen molar-refractivity contribution < 1.29 is 38.7 Å². The Balaban J connectivity index is 2.99. The minimum atomic E-state index is -1.24. The lowest BCUT2D eigenvalue weighted by molar-refractivity contribution is -0.145. The molecule has 58 heavy (non-hydrogen) atoms. The highest BCUT2D eigenvalue weighted by Crippen LogP contribution is 2.23. The van der Waals surface area contributed by atoms with Crippen molar-refractivity contribution in [2.75, 3.05) is 13.2 Å². The summed E-state index contributed by atoms with van der Waals surface area (Å²) in [7, 11) is 0. The number of primary amides is 1. The van der Waals surface area contributed by atoms with E-state index in [1.807, 2.05) is 27.7 Å². The first-order valence-corrected chi connectivity index (χ1v) is 22.0. The molecule has 0 radical (unpaired) electrons. The average molecular weight is 822 g/mol. The quantitative estimate of drug-likeness (QED) is 0.0549. The van der Waals surface area contributed by atoms with Crippen LogP contribution in [0.2, 0.25) is 0 Å². The summed E-state index contributed by atoms with van der Waals surface area (Å²) in [5, 5.41) is 23.7. The van der Waals surface area contributed by atoms with Crippen molar-refractivity contribution in [2.45, 2.75) is 201 Å². The minimum absolute atomic E-state index is 0.0317. The normalized spacial score (nSPS) is 16.4. The number of aliphatic hydroxyl groups excluding tert-OH is 1. The highest BCUT2D eigenvalue weighted by molar-refractivity contribution is 5.97. The molecule has 0 aromatic rings. The van der Waals surface area contributed by atoms with E-state index in [4.69, 9.17) is 5.73 Å². The van der Waals surface area contributed by atoms with Crippen molar-refractivity contribution in [3.63, 3.8) is 0 Å². The van der Waals surface area contributed by atoms with Gasteiger partial charge < -0.3 is 42.3 Å². The predicted octanol–water partition coefficient (Wildman–Crippen LogP) is 3.74. The lowest BCUT2D eigenvalue weighted by Gasteiger charge is -2.34. The molecule has 1 unspecified atom stereocenters. The van der Waals surface area contributed by atoms with Gasteiger partial charge in [0.2, 0.25) is 41.4 Å². The summed E-state index contributed by atoms with van der Waals surface area (Å²) < 4.78 is 0. The molecule has 0 aromatic heterocycles. The fourth-order valence-corrected chi connectivity index (χ4v) is 7.33. The highest BCUT2D eigenvalue weighted by Gasteiger charge is 2.42. The number of likely N-dealkylation sites (tertiary alicyclic amines) is 1. The van der Waals surface area contributed by atoms with Gasteiger partial charge in [-0.1, -0.05) is 99.8 Å². The van der Waals surface area contributed by atoms with E-state index in [-0.39, 0.29) is 49.5 Å². The van der Waals surface area contributed by atoms with Crippen LogP contribution in [0, 0.1) is 17.8 Å². The van der Waals surface area contributed by atoms with Gasteiger partial charge in [-0.05, 0) is 70.1 Å². The van der Waals surface area contributed by atoms with Crippen LogP contribution in [-0.2, 0) is 33.6 Å². The Labute approximate surface area is 348 Å². The maximum atomic E-state index is 13.9. The summed E-state index contributed by atoms with van der Waals surface area (Å²) in [6, 6.07) is -4.74. The van der Waals surface area contributed by atoms with Crippen molar-refractivity contribution >= 4 is 41.4 Å². The zero-order valence-corrected chi connectivity index (χ0v) is 37.2. The Bertz CT molecular complexity index is 1320. The standard InChI is InChI=1S/C43H79N7O8/c1-10-11-12-13-14-15-16-17-18-21-36(53)49-43(8,9)42(58)50-24-19-20-34(50)40(56)47-33(26-29(4)5)39(55)48-37(30(6)7)41(57)46-32(22-23-35(44)52)38(54)45-31(27-51)25-28(2)3/h28-34,37,51H,10-27H2,1-9H3,(H2,44,52)(H,45,54)(H,46,57)(H,47,56)(H,48,55)(H,49,53)/t31-,32-,33-,34?,37-/m0/s1. The topological polar surface area (TPSA) is 229 Å². The van der Waals surface area contributed by atoms with Crippen LogP contribution in [0.5, 0.6) is 0 Å². The van der Waals surface area contributed by atoms with E-state index in [0.29, 0.717) is 32.2 Å². The van der Waals surface area contributed by atoms with Crippen LogP contribution in [-0.4, -0.2) is 100 Å². The van der Waals surface area contributed by atoms with Crippen LogP contribution in [0.15, 0.2) is 0 Å². The van der Waals surface area contributed by atoms with E-state index in [1.165, 1.54) is 37.0 Å². The number of amides is 7. The zero-order valence-electron chi connectivity index (χ0n) is 37.2. The molecule has 7 amide bonds. The molecule has 1 aliphatic rings. The molecule has 0 aliphatic carbocycles. The van der Waals surface area contributed by atoms with Gasteiger partial charge >= 0.3 is 0 Å². The number of unbranched alkanes of at least 4 members (excludes halogenated alkanes) is 8. The maximum absolute atomic E-state index is 13.9. The summed E-state index contributed by atoms with van der Waals surface area (Å²) in [6.45, 7) is 16.6. The van der Waals surface area contributed by atoms with E-state index in [9.17, 15) is 38.7 Å². The molecule has 15 nitrogen and oxygen atoms in total. The van der Waals surface area contributed by atoms with Gasteiger partial charge in [-0.25, -0.2) is 0 Å². The Kier molecular flexibility index (Phi) is 24.4. The average Bonchev–Trinajstić information content (AvgIpc) is 3.63. The molecule has 334 valence electrons. The van der Waals surface area contributed by atoms with Gasteiger partial charge in [0.05, 0.1) is 12.6 Å². The van der Waals surface area contributed by atoms with Crippen molar-refractivity contribution in [2.24, 2.45) is 23.5 Å². The molecule has 8 N–H and O–H groups in total. The largest absolute Gasteiger partial charge is 0.394 e. The van der Waals surface area contributed by atoms with Crippen LogP contribution >= 0.6 is 0 Å². The smallest absolute Gasteiger partial charge is 0.248 e. The number of carbonyl (C=O) groups excluding carboxylic acids is 7. The van der Waals surface area contributed by atoms with Crippen LogP contribution in [0.3, 0.4) is 0 Å². The number of aliphatic hydroxyl groups is 1. The molecule has 0 saturated carbocycles. The molecule has 1 saturated heterocycles. The van der Waals surface area contributed by atoms with Crippen LogP contribution in [0.4, 0.5) is 0 Å². The SMILES string of the molecule is CCCCCCCCCCCC(=O)NC(C)(C)C(=O)N1CCCC1C(=O)N[C@@H](CC(C)C)C(=O)N[C@H](C(=O)N[C@@H](CCC(N)=O)C(=O)N[C@H](CO)CC(C)C)C(C)C. The van der Waals surface area contributed by atoms with Gasteiger partial charge in [0, 0.05) is 19.4 Å². The zero-order chi connectivity index (χ0) is 44.0. The Morgan fingerprint density at radius 1 is 0.724 bits per heavy atom. The fourth-order valence-electron chi connectivity index (χ4n) is 7.33. The van der Waals surface area contributed by atoms with Crippen LogP contribution < -0.4 is 32.3 Å². The summed E-state index contributed by atoms with van der Waals surface area (Å²) in [4.78, 5) is 94.4. The van der Waals surface area contributed by atoms with E-state index in [0.717, 1.165) is 25.7 Å². The number of nitrogens with zero attached hydrogens (tertiary/aromatic N) is 1. The third-order valence-corrected chi connectivity index (χ3v) is 10.5. The summed E-state index contributed by atoms with van der Waals surface area (Å²) >= 11 is 0. The molecule has 1 aliphatic heterocycles. The van der Waals surface area contributed by atoms with Gasteiger partial charge in [0.25, 0.3) is 0 Å². The Hall–Kier alpha value is -3.75.